The molecular formula is C14H11Cl2FN2O2. The van der Waals surface area contributed by atoms with E-state index in [0.717, 1.165) is 6.07 Å². The van der Waals surface area contributed by atoms with Crippen LogP contribution in [0.3, 0.4) is 0 Å². The lowest BCUT2D eigenvalue weighted by atomic mass is 10.1. The van der Waals surface area contributed by atoms with Gasteiger partial charge in [0.25, 0.3) is 5.91 Å². The Bertz CT molecular complexity index is 684. The minimum Gasteiger partial charge on any atom is -0.496 e. The SMILES string of the molecule is COc1ccc(F)cc1C(=O)Nc1cc(Cl)c(N)c(Cl)c1. The van der Waals surface area contributed by atoms with Gasteiger partial charge in [-0.3, -0.25) is 4.79 Å². The number of halogens is 3. The number of hydrogen-bond acceptors (Lipinski definition) is 3. The molecule has 1 amide bonds. The zero-order chi connectivity index (χ0) is 15.6. The van der Waals surface area contributed by atoms with Crippen molar-refractivity contribution in [2.75, 3.05) is 18.2 Å². The van der Waals surface area contributed by atoms with Gasteiger partial charge in [0.15, 0.2) is 0 Å². The number of benzene rings is 2. The van der Waals surface area contributed by atoms with Gasteiger partial charge in [-0.1, -0.05) is 23.2 Å². The Balaban J connectivity index is 2.32. The second-order valence-electron chi connectivity index (χ2n) is 4.15. The van der Waals surface area contributed by atoms with Crippen molar-refractivity contribution in [1.29, 1.82) is 0 Å². The summed E-state index contributed by atoms with van der Waals surface area (Å²) in [4.78, 5) is 12.2. The first-order valence-electron chi connectivity index (χ1n) is 5.81. The van der Waals surface area contributed by atoms with Gasteiger partial charge in [0, 0.05) is 5.69 Å². The van der Waals surface area contributed by atoms with Gasteiger partial charge >= 0.3 is 0 Å². The molecule has 2 rings (SSSR count). The topological polar surface area (TPSA) is 64.3 Å². The van der Waals surface area contributed by atoms with E-state index in [-0.39, 0.29) is 27.0 Å². The molecule has 21 heavy (non-hydrogen) atoms. The Labute approximate surface area is 130 Å². The number of carbonyl (C=O) groups is 1. The van der Waals surface area contributed by atoms with Crippen molar-refractivity contribution in [2.24, 2.45) is 0 Å². The van der Waals surface area contributed by atoms with Crippen molar-refractivity contribution in [3.05, 3.63) is 51.8 Å². The predicted octanol–water partition coefficient (Wildman–Crippen LogP) is 3.98. The minimum absolute atomic E-state index is 0.0570. The van der Waals surface area contributed by atoms with E-state index in [1.165, 1.54) is 31.4 Å². The van der Waals surface area contributed by atoms with Crippen molar-refractivity contribution in [3.63, 3.8) is 0 Å². The van der Waals surface area contributed by atoms with Gasteiger partial charge < -0.3 is 15.8 Å². The molecule has 0 spiro atoms. The van der Waals surface area contributed by atoms with Crippen LogP contribution in [0.4, 0.5) is 15.8 Å². The highest BCUT2D eigenvalue weighted by Gasteiger charge is 2.15. The van der Waals surface area contributed by atoms with Gasteiger partial charge in [-0.25, -0.2) is 4.39 Å². The zero-order valence-corrected chi connectivity index (χ0v) is 12.4. The van der Waals surface area contributed by atoms with Crippen LogP contribution in [0.2, 0.25) is 10.0 Å². The molecule has 0 atom stereocenters. The predicted molar refractivity (Wildman–Crippen MR) is 81.8 cm³/mol. The van der Waals surface area contributed by atoms with Crippen LogP contribution < -0.4 is 15.8 Å². The monoisotopic (exact) mass is 328 g/mol. The van der Waals surface area contributed by atoms with E-state index in [2.05, 4.69) is 5.32 Å². The quantitative estimate of drug-likeness (QED) is 0.837. The van der Waals surface area contributed by atoms with Gasteiger partial charge in [-0.2, -0.15) is 0 Å². The third-order valence-corrected chi connectivity index (χ3v) is 3.37. The summed E-state index contributed by atoms with van der Waals surface area (Å²) in [7, 11) is 1.39. The summed E-state index contributed by atoms with van der Waals surface area (Å²) in [5, 5.41) is 2.98. The molecule has 0 unspecified atom stereocenters. The Kier molecular flexibility index (Phi) is 4.55. The lowest BCUT2D eigenvalue weighted by Gasteiger charge is -2.11. The van der Waals surface area contributed by atoms with Crippen LogP contribution in [0.25, 0.3) is 0 Å². The normalized spacial score (nSPS) is 10.3. The molecule has 0 heterocycles. The summed E-state index contributed by atoms with van der Waals surface area (Å²) in [5.41, 5.74) is 6.23. The Morgan fingerprint density at radius 1 is 1.24 bits per heavy atom. The van der Waals surface area contributed by atoms with Crippen molar-refractivity contribution >= 4 is 40.5 Å². The number of amides is 1. The van der Waals surface area contributed by atoms with Gasteiger partial charge in [0.1, 0.15) is 11.6 Å². The van der Waals surface area contributed by atoms with Crippen molar-refractivity contribution in [1.82, 2.24) is 0 Å². The molecule has 0 saturated carbocycles. The average Bonchev–Trinajstić information content (AvgIpc) is 2.44. The number of nitrogens with one attached hydrogen (secondary N) is 1. The maximum Gasteiger partial charge on any atom is 0.259 e. The molecule has 110 valence electrons. The van der Waals surface area contributed by atoms with Crippen LogP contribution in [0.15, 0.2) is 30.3 Å². The van der Waals surface area contributed by atoms with E-state index < -0.39 is 11.7 Å². The molecule has 0 aliphatic rings. The molecule has 0 aliphatic heterocycles. The molecular weight excluding hydrogens is 318 g/mol. The van der Waals surface area contributed by atoms with Crippen LogP contribution in [0, 0.1) is 5.82 Å². The van der Waals surface area contributed by atoms with Crippen LogP contribution >= 0.6 is 23.2 Å². The van der Waals surface area contributed by atoms with Gasteiger partial charge in [0.2, 0.25) is 0 Å². The van der Waals surface area contributed by atoms with Crippen molar-refractivity contribution in [2.45, 2.75) is 0 Å². The second-order valence-corrected chi connectivity index (χ2v) is 4.97. The van der Waals surface area contributed by atoms with Gasteiger partial charge in [0.05, 0.1) is 28.4 Å². The van der Waals surface area contributed by atoms with E-state index in [1.54, 1.807) is 0 Å². The molecule has 0 fully saturated rings. The molecule has 0 aliphatic carbocycles. The number of nitrogens with two attached hydrogens (primary N) is 1. The molecule has 0 bridgehead atoms. The van der Waals surface area contributed by atoms with E-state index >= 15 is 0 Å². The third-order valence-electron chi connectivity index (χ3n) is 2.74. The summed E-state index contributed by atoms with van der Waals surface area (Å²) < 4.78 is 18.3. The molecule has 0 saturated heterocycles. The fraction of sp³-hybridized carbons (Fsp3) is 0.0714. The fourth-order valence-corrected chi connectivity index (χ4v) is 2.20. The first-order valence-corrected chi connectivity index (χ1v) is 6.57. The number of hydrogen-bond donors (Lipinski definition) is 2. The lowest BCUT2D eigenvalue weighted by molar-refractivity contribution is 0.102. The number of rotatable bonds is 3. The average molecular weight is 329 g/mol. The maximum absolute atomic E-state index is 13.3. The minimum atomic E-state index is -0.553. The largest absolute Gasteiger partial charge is 0.496 e. The lowest BCUT2D eigenvalue weighted by Crippen LogP contribution is -2.13. The standard InChI is InChI=1S/C14H11Cl2FN2O2/c1-21-12-3-2-7(17)4-9(12)14(20)19-8-5-10(15)13(18)11(16)6-8/h2-6H,18H2,1H3,(H,19,20). The summed E-state index contributed by atoms with van der Waals surface area (Å²) >= 11 is 11.8. The number of ether oxygens (including phenoxy) is 1. The van der Waals surface area contributed by atoms with Crippen LogP contribution in [-0.2, 0) is 0 Å². The molecule has 0 aromatic heterocycles. The summed E-state index contributed by atoms with van der Waals surface area (Å²) in [6.07, 6.45) is 0. The first-order chi connectivity index (χ1) is 9.92. The van der Waals surface area contributed by atoms with Crippen LogP contribution in [0.5, 0.6) is 5.75 Å². The number of carbonyl (C=O) groups excluding carboxylic acids is 1. The Morgan fingerprint density at radius 3 is 2.43 bits per heavy atom. The molecule has 2 aromatic rings. The Morgan fingerprint density at radius 2 is 1.86 bits per heavy atom. The van der Waals surface area contributed by atoms with E-state index in [4.69, 9.17) is 33.7 Å². The first kappa shape index (κ1) is 15.4. The van der Waals surface area contributed by atoms with Crippen LogP contribution in [0.1, 0.15) is 10.4 Å². The number of methoxy groups -OCH3 is 1. The van der Waals surface area contributed by atoms with E-state index in [0.29, 0.717) is 5.69 Å². The highest BCUT2D eigenvalue weighted by atomic mass is 35.5. The molecule has 3 N–H and O–H groups in total. The number of nitrogen functional groups attached to an aromatic ring is 1. The van der Waals surface area contributed by atoms with Crippen molar-refractivity contribution < 1.29 is 13.9 Å². The van der Waals surface area contributed by atoms with Gasteiger partial charge in [-0.05, 0) is 30.3 Å². The number of anilines is 2. The Hall–Kier alpha value is -1.98. The van der Waals surface area contributed by atoms with Crippen molar-refractivity contribution in [3.8, 4) is 5.75 Å². The second kappa shape index (κ2) is 6.20. The highest BCUT2D eigenvalue weighted by Crippen LogP contribution is 2.31. The van der Waals surface area contributed by atoms with Gasteiger partial charge in [-0.15, -0.1) is 0 Å². The van der Waals surface area contributed by atoms with Crippen LogP contribution in [-0.4, -0.2) is 13.0 Å². The smallest absolute Gasteiger partial charge is 0.259 e. The molecule has 7 heteroatoms. The summed E-state index contributed by atoms with van der Waals surface area (Å²) in [6, 6.07) is 6.55. The zero-order valence-electron chi connectivity index (χ0n) is 10.9. The third kappa shape index (κ3) is 3.37. The summed E-state index contributed by atoms with van der Waals surface area (Å²) in [5.74, 6) is -0.848. The van der Waals surface area contributed by atoms with E-state index in [9.17, 15) is 9.18 Å². The fourth-order valence-electron chi connectivity index (χ4n) is 1.71. The molecule has 4 nitrogen and oxygen atoms in total. The molecule has 0 radical (unpaired) electrons. The maximum atomic E-state index is 13.3. The molecule has 2 aromatic carbocycles. The summed E-state index contributed by atoms with van der Waals surface area (Å²) in [6.45, 7) is 0. The highest BCUT2D eigenvalue weighted by molar-refractivity contribution is 6.39. The van der Waals surface area contributed by atoms with E-state index in [1.807, 2.05) is 0 Å².